The van der Waals surface area contributed by atoms with Gasteiger partial charge in [0.1, 0.15) is 11.6 Å². The predicted octanol–water partition coefficient (Wildman–Crippen LogP) is 4.60. The number of nitrogens with one attached hydrogen (secondary N) is 2. The van der Waals surface area contributed by atoms with Crippen LogP contribution < -0.4 is 10.6 Å². The monoisotopic (exact) mass is 320 g/mol. The Balaban J connectivity index is 1.69. The standard InChI is InChI=1S/C19H17FN4/c20-14-7-4-8-16(11-14)21-18-12-17(13-5-2-1-3-6-13)23-19(24-18)22-15-9-10-15/h1-8,11-12,15H,9-10H2,(H2,21,22,23,24). The topological polar surface area (TPSA) is 49.8 Å². The van der Waals surface area contributed by atoms with Gasteiger partial charge in [0, 0.05) is 23.4 Å². The van der Waals surface area contributed by atoms with E-state index in [0.29, 0.717) is 23.5 Å². The molecule has 1 heterocycles. The fourth-order valence-corrected chi connectivity index (χ4v) is 2.46. The van der Waals surface area contributed by atoms with Crippen molar-refractivity contribution in [3.05, 3.63) is 66.5 Å². The lowest BCUT2D eigenvalue weighted by Crippen LogP contribution is -2.07. The van der Waals surface area contributed by atoms with E-state index in [1.165, 1.54) is 12.1 Å². The van der Waals surface area contributed by atoms with Gasteiger partial charge in [0.05, 0.1) is 5.69 Å². The summed E-state index contributed by atoms with van der Waals surface area (Å²) in [6, 6.07) is 18.6. The number of benzene rings is 2. The lowest BCUT2D eigenvalue weighted by molar-refractivity contribution is 0.628. The highest BCUT2D eigenvalue weighted by molar-refractivity contribution is 5.67. The molecule has 0 bridgehead atoms. The third kappa shape index (κ3) is 3.51. The summed E-state index contributed by atoms with van der Waals surface area (Å²) in [4.78, 5) is 9.11. The minimum Gasteiger partial charge on any atom is -0.351 e. The fourth-order valence-electron chi connectivity index (χ4n) is 2.46. The van der Waals surface area contributed by atoms with Gasteiger partial charge in [0.15, 0.2) is 0 Å². The van der Waals surface area contributed by atoms with E-state index in [1.54, 1.807) is 12.1 Å². The molecule has 4 nitrogen and oxygen atoms in total. The van der Waals surface area contributed by atoms with Gasteiger partial charge >= 0.3 is 0 Å². The summed E-state index contributed by atoms with van der Waals surface area (Å²) in [5.74, 6) is 0.948. The second kappa shape index (κ2) is 6.28. The minimum atomic E-state index is -0.284. The molecule has 1 aliphatic carbocycles. The molecular formula is C19H17FN4. The molecule has 24 heavy (non-hydrogen) atoms. The van der Waals surface area contributed by atoms with Crippen LogP contribution in [0.5, 0.6) is 0 Å². The van der Waals surface area contributed by atoms with E-state index < -0.39 is 0 Å². The summed E-state index contributed by atoms with van der Waals surface area (Å²) in [5, 5.41) is 6.49. The lowest BCUT2D eigenvalue weighted by atomic mass is 10.1. The highest BCUT2D eigenvalue weighted by Crippen LogP contribution is 2.27. The van der Waals surface area contributed by atoms with Gasteiger partial charge < -0.3 is 10.6 Å². The molecule has 0 saturated heterocycles. The highest BCUT2D eigenvalue weighted by Gasteiger charge is 2.22. The van der Waals surface area contributed by atoms with Gasteiger partial charge in [0.2, 0.25) is 5.95 Å². The molecule has 0 spiro atoms. The number of aromatic nitrogens is 2. The van der Waals surface area contributed by atoms with Crippen LogP contribution in [0.4, 0.5) is 21.8 Å². The zero-order valence-electron chi connectivity index (χ0n) is 13.0. The van der Waals surface area contributed by atoms with Crippen molar-refractivity contribution in [2.24, 2.45) is 0 Å². The van der Waals surface area contributed by atoms with Crippen molar-refractivity contribution < 1.29 is 4.39 Å². The molecule has 0 amide bonds. The molecule has 2 aromatic carbocycles. The number of rotatable bonds is 5. The van der Waals surface area contributed by atoms with Gasteiger partial charge in [-0.3, -0.25) is 0 Å². The first-order valence-electron chi connectivity index (χ1n) is 8.00. The van der Waals surface area contributed by atoms with E-state index in [0.717, 1.165) is 24.1 Å². The highest BCUT2D eigenvalue weighted by atomic mass is 19.1. The molecule has 1 fully saturated rings. The molecule has 0 unspecified atom stereocenters. The Labute approximate surface area is 139 Å². The van der Waals surface area contributed by atoms with Crippen LogP contribution in [0.15, 0.2) is 60.7 Å². The van der Waals surface area contributed by atoms with E-state index >= 15 is 0 Å². The van der Waals surface area contributed by atoms with Crippen LogP contribution in [0.1, 0.15) is 12.8 Å². The quantitative estimate of drug-likeness (QED) is 0.721. The second-order valence-corrected chi connectivity index (χ2v) is 5.88. The lowest BCUT2D eigenvalue weighted by Gasteiger charge is -2.11. The van der Waals surface area contributed by atoms with Crippen LogP contribution in [0, 0.1) is 5.82 Å². The van der Waals surface area contributed by atoms with Gasteiger partial charge in [-0.1, -0.05) is 36.4 Å². The number of halogens is 1. The molecule has 120 valence electrons. The summed E-state index contributed by atoms with van der Waals surface area (Å²) in [5.41, 5.74) is 2.50. The Hall–Kier alpha value is -2.95. The summed E-state index contributed by atoms with van der Waals surface area (Å²) < 4.78 is 13.4. The molecule has 0 aliphatic heterocycles. The molecule has 1 aliphatic rings. The molecule has 4 rings (SSSR count). The minimum absolute atomic E-state index is 0.284. The predicted molar refractivity (Wildman–Crippen MR) is 93.8 cm³/mol. The number of hydrogen-bond acceptors (Lipinski definition) is 4. The largest absolute Gasteiger partial charge is 0.351 e. The summed E-state index contributed by atoms with van der Waals surface area (Å²) in [7, 11) is 0. The Bertz CT molecular complexity index is 847. The van der Waals surface area contributed by atoms with Gasteiger partial charge in [0.25, 0.3) is 0 Å². The summed E-state index contributed by atoms with van der Waals surface area (Å²) in [6.45, 7) is 0. The average molecular weight is 320 g/mol. The molecule has 1 aromatic heterocycles. The smallest absolute Gasteiger partial charge is 0.225 e. The maximum absolute atomic E-state index is 13.4. The van der Waals surface area contributed by atoms with Crippen LogP contribution in [-0.4, -0.2) is 16.0 Å². The molecular weight excluding hydrogens is 303 g/mol. The van der Waals surface area contributed by atoms with Crippen LogP contribution in [-0.2, 0) is 0 Å². The maximum atomic E-state index is 13.4. The summed E-state index contributed by atoms with van der Waals surface area (Å²) in [6.07, 6.45) is 2.29. The van der Waals surface area contributed by atoms with Crippen molar-refractivity contribution >= 4 is 17.5 Å². The first-order chi connectivity index (χ1) is 11.8. The first-order valence-corrected chi connectivity index (χ1v) is 8.00. The number of nitrogens with zero attached hydrogens (tertiary/aromatic N) is 2. The van der Waals surface area contributed by atoms with Crippen LogP contribution in [0.2, 0.25) is 0 Å². The zero-order chi connectivity index (χ0) is 16.4. The van der Waals surface area contributed by atoms with Gasteiger partial charge in [-0.2, -0.15) is 4.98 Å². The van der Waals surface area contributed by atoms with Crippen molar-refractivity contribution in [1.82, 2.24) is 9.97 Å². The molecule has 0 radical (unpaired) electrons. The second-order valence-electron chi connectivity index (χ2n) is 5.88. The van der Waals surface area contributed by atoms with Crippen molar-refractivity contribution in [2.45, 2.75) is 18.9 Å². The van der Waals surface area contributed by atoms with E-state index in [1.807, 2.05) is 36.4 Å². The molecule has 3 aromatic rings. The zero-order valence-corrected chi connectivity index (χ0v) is 13.0. The summed E-state index contributed by atoms with van der Waals surface area (Å²) >= 11 is 0. The van der Waals surface area contributed by atoms with Gasteiger partial charge in [-0.15, -0.1) is 0 Å². The Morgan fingerprint density at radius 2 is 1.75 bits per heavy atom. The molecule has 2 N–H and O–H groups in total. The van der Waals surface area contributed by atoms with Gasteiger partial charge in [-0.25, -0.2) is 9.37 Å². The van der Waals surface area contributed by atoms with Gasteiger partial charge in [-0.05, 0) is 31.0 Å². The third-order valence-corrected chi connectivity index (χ3v) is 3.80. The van der Waals surface area contributed by atoms with Crippen LogP contribution in [0.3, 0.4) is 0 Å². The van der Waals surface area contributed by atoms with E-state index in [9.17, 15) is 4.39 Å². The van der Waals surface area contributed by atoms with E-state index in [2.05, 4.69) is 20.6 Å². The Kier molecular flexibility index (Phi) is 3.83. The normalized spacial score (nSPS) is 13.5. The van der Waals surface area contributed by atoms with Crippen molar-refractivity contribution in [3.63, 3.8) is 0 Å². The SMILES string of the molecule is Fc1cccc(Nc2cc(-c3ccccc3)nc(NC3CC3)n2)c1. The van der Waals surface area contributed by atoms with Crippen LogP contribution in [0.25, 0.3) is 11.3 Å². The van der Waals surface area contributed by atoms with Crippen molar-refractivity contribution in [2.75, 3.05) is 10.6 Å². The number of hydrogen-bond donors (Lipinski definition) is 2. The number of anilines is 3. The Morgan fingerprint density at radius 3 is 2.50 bits per heavy atom. The van der Waals surface area contributed by atoms with Crippen molar-refractivity contribution in [3.8, 4) is 11.3 Å². The van der Waals surface area contributed by atoms with E-state index in [-0.39, 0.29) is 5.82 Å². The average Bonchev–Trinajstić information content (AvgIpc) is 3.39. The van der Waals surface area contributed by atoms with Crippen LogP contribution >= 0.6 is 0 Å². The third-order valence-electron chi connectivity index (χ3n) is 3.80. The van der Waals surface area contributed by atoms with Crippen molar-refractivity contribution in [1.29, 1.82) is 0 Å². The molecule has 1 saturated carbocycles. The Morgan fingerprint density at radius 1 is 0.917 bits per heavy atom. The fraction of sp³-hybridized carbons (Fsp3) is 0.158. The van der Waals surface area contributed by atoms with E-state index in [4.69, 9.17) is 0 Å². The molecule has 0 atom stereocenters. The maximum Gasteiger partial charge on any atom is 0.225 e. The molecule has 5 heteroatoms. The first kappa shape index (κ1) is 14.6.